The van der Waals surface area contributed by atoms with Gasteiger partial charge in [-0.1, -0.05) is 34.1 Å². The van der Waals surface area contributed by atoms with Gasteiger partial charge in [0, 0.05) is 20.1 Å². The SMILES string of the molecule is COc1cccc(C(=O)NC(=S)Nc2c(Br)cc(Br)cc2-c2nc3ccccc3s2)c1. The number of thiazole rings is 1. The van der Waals surface area contributed by atoms with E-state index in [0.29, 0.717) is 11.3 Å². The lowest BCUT2D eigenvalue weighted by Gasteiger charge is -2.15. The van der Waals surface area contributed by atoms with E-state index < -0.39 is 0 Å². The topological polar surface area (TPSA) is 63.2 Å². The summed E-state index contributed by atoms with van der Waals surface area (Å²) >= 11 is 14.1. The van der Waals surface area contributed by atoms with Gasteiger partial charge in [-0.25, -0.2) is 4.98 Å². The van der Waals surface area contributed by atoms with Crippen molar-refractivity contribution < 1.29 is 9.53 Å². The molecule has 156 valence electrons. The summed E-state index contributed by atoms with van der Waals surface area (Å²) in [6.07, 6.45) is 0. The predicted molar refractivity (Wildman–Crippen MR) is 137 cm³/mol. The summed E-state index contributed by atoms with van der Waals surface area (Å²) in [6, 6.07) is 18.7. The van der Waals surface area contributed by atoms with Gasteiger partial charge >= 0.3 is 0 Å². The second kappa shape index (κ2) is 9.44. The molecule has 31 heavy (non-hydrogen) atoms. The minimum atomic E-state index is -0.328. The van der Waals surface area contributed by atoms with Crippen molar-refractivity contribution in [2.75, 3.05) is 12.4 Å². The molecule has 1 aromatic heterocycles. The highest BCUT2D eigenvalue weighted by atomic mass is 79.9. The van der Waals surface area contributed by atoms with Crippen LogP contribution in [0.15, 0.2) is 69.6 Å². The van der Waals surface area contributed by atoms with Gasteiger partial charge in [0.15, 0.2) is 5.11 Å². The number of carbonyl (C=O) groups excluding carboxylic acids is 1. The number of carbonyl (C=O) groups is 1. The number of thiocarbonyl (C=S) groups is 1. The van der Waals surface area contributed by atoms with Crippen molar-refractivity contribution in [2.45, 2.75) is 0 Å². The number of nitrogens with one attached hydrogen (secondary N) is 2. The number of amides is 1. The van der Waals surface area contributed by atoms with Gasteiger partial charge in [-0.05, 0) is 70.6 Å². The number of anilines is 1. The van der Waals surface area contributed by atoms with Crippen LogP contribution in [0.1, 0.15) is 10.4 Å². The molecule has 9 heteroatoms. The van der Waals surface area contributed by atoms with Gasteiger partial charge < -0.3 is 10.1 Å². The number of halogens is 2. The Morgan fingerprint density at radius 1 is 1.10 bits per heavy atom. The van der Waals surface area contributed by atoms with E-state index in [1.165, 1.54) is 0 Å². The normalized spacial score (nSPS) is 10.7. The summed E-state index contributed by atoms with van der Waals surface area (Å²) in [6.45, 7) is 0. The quantitative estimate of drug-likeness (QED) is 0.267. The maximum absolute atomic E-state index is 12.6. The Kier molecular flexibility index (Phi) is 6.66. The van der Waals surface area contributed by atoms with E-state index in [0.717, 1.165) is 35.4 Å². The highest BCUT2D eigenvalue weighted by Gasteiger charge is 2.17. The lowest BCUT2D eigenvalue weighted by Crippen LogP contribution is -2.34. The van der Waals surface area contributed by atoms with Crippen LogP contribution in [0.2, 0.25) is 0 Å². The molecule has 3 aromatic carbocycles. The fraction of sp³-hybridized carbons (Fsp3) is 0.0455. The number of rotatable bonds is 4. The standard InChI is InChI=1S/C22H15Br2N3O2S2/c1-29-14-6-4-5-12(9-14)20(28)27-22(30)26-19-15(10-13(23)11-16(19)24)21-25-17-7-2-3-8-18(17)31-21/h2-11H,1H3,(H2,26,27,28,30). The fourth-order valence-electron chi connectivity index (χ4n) is 2.94. The van der Waals surface area contributed by atoms with E-state index in [1.807, 2.05) is 36.4 Å². The molecular weight excluding hydrogens is 562 g/mol. The van der Waals surface area contributed by atoms with E-state index >= 15 is 0 Å². The molecular formula is C22H15Br2N3O2S2. The number of hydrogen-bond acceptors (Lipinski definition) is 5. The summed E-state index contributed by atoms with van der Waals surface area (Å²) in [5, 5.41) is 6.88. The van der Waals surface area contributed by atoms with E-state index in [4.69, 9.17) is 21.9 Å². The van der Waals surface area contributed by atoms with Crippen LogP contribution in [0, 0.1) is 0 Å². The van der Waals surface area contributed by atoms with Crippen molar-refractivity contribution in [3.63, 3.8) is 0 Å². The number of benzene rings is 3. The van der Waals surface area contributed by atoms with E-state index in [2.05, 4.69) is 42.5 Å². The molecule has 1 amide bonds. The van der Waals surface area contributed by atoms with Gasteiger partial charge in [-0.3, -0.25) is 10.1 Å². The molecule has 4 aromatic rings. The summed E-state index contributed by atoms with van der Waals surface area (Å²) in [4.78, 5) is 17.4. The number of nitrogens with zero attached hydrogens (tertiary/aromatic N) is 1. The molecule has 1 heterocycles. The lowest BCUT2D eigenvalue weighted by atomic mass is 10.2. The van der Waals surface area contributed by atoms with Gasteiger partial charge in [0.25, 0.3) is 5.91 Å². The summed E-state index contributed by atoms with van der Waals surface area (Å²) in [5.41, 5.74) is 2.96. The molecule has 0 bridgehead atoms. The molecule has 0 aliphatic rings. The first-order chi connectivity index (χ1) is 14.9. The van der Waals surface area contributed by atoms with Crippen LogP contribution in [0.5, 0.6) is 5.75 Å². The Bertz CT molecular complexity index is 1270. The first-order valence-electron chi connectivity index (χ1n) is 9.06. The zero-order valence-corrected chi connectivity index (χ0v) is 20.9. The highest BCUT2D eigenvalue weighted by molar-refractivity contribution is 9.11. The van der Waals surface area contributed by atoms with Crippen LogP contribution in [-0.2, 0) is 0 Å². The second-order valence-electron chi connectivity index (χ2n) is 6.44. The number of aromatic nitrogens is 1. The van der Waals surface area contributed by atoms with Crippen molar-refractivity contribution in [1.82, 2.24) is 10.3 Å². The fourth-order valence-corrected chi connectivity index (χ4v) is 5.45. The molecule has 0 spiro atoms. The van der Waals surface area contributed by atoms with Crippen LogP contribution in [-0.4, -0.2) is 23.1 Å². The number of para-hydroxylation sites is 1. The molecule has 0 radical (unpaired) electrons. The average molecular weight is 577 g/mol. The van der Waals surface area contributed by atoms with Crippen LogP contribution in [0.3, 0.4) is 0 Å². The Morgan fingerprint density at radius 3 is 2.68 bits per heavy atom. The molecule has 5 nitrogen and oxygen atoms in total. The summed E-state index contributed by atoms with van der Waals surface area (Å²) < 4.78 is 7.95. The van der Waals surface area contributed by atoms with Gasteiger partial charge in [0.05, 0.1) is 23.0 Å². The van der Waals surface area contributed by atoms with Crippen LogP contribution in [0.25, 0.3) is 20.8 Å². The van der Waals surface area contributed by atoms with Crippen molar-refractivity contribution in [2.24, 2.45) is 0 Å². The van der Waals surface area contributed by atoms with E-state index in [1.54, 1.807) is 42.7 Å². The molecule has 4 rings (SSSR count). The third kappa shape index (κ3) is 4.95. The monoisotopic (exact) mass is 575 g/mol. The zero-order chi connectivity index (χ0) is 22.0. The lowest BCUT2D eigenvalue weighted by molar-refractivity contribution is 0.0977. The maximum atomic E-state index is 12.6. The van der Waals surface area contributed by atoms with Crippen LogP contribution >= 0.6 is 55.4 Å². The Labute approximate surface area is 205 Å². The molecule has 0 aliphatic carbocycles. The Balaban J connectivity index is 1.62. The molecule has 0 saturated heterocycles. The minimum Gasteiger partial charge on any atom is -0.497 e. The maximum Gasteiger partial charge on any atom is 0.257 e. The number of fused-ring (bicyclic) bond motifs is 1. The smallest absolute Gasteiger partial charge is 0.257 e. The van der Waals surface area contributed by atoms with E-state index in [-0.39, 0.29) is 11.0 Å². The third-order valence-corrected chi connectivity index (χ3v) is 6.73. The minimum absolute atomic E-state index is 0.179. The Hall–Kier alpha value is -2.33. The third-order valence-electron chi connectivity index (χ3n) is 4.38. The van der Waals surface area contributed by atoms with Crippen molar-refractivity contribution in [3.05, 3.63) is 75.2 Å². The van der Waals surface area contributed by atoms with Crippen LogP contribution < -0.4 is 15.4 Å². The van der Waals surface area contributed by atoms with Crippen LogP contribution in [0.4, 0.5) is 5.69 Å². The molecule has 0 fully saturated rings. The van der Waals surface area contributed by atoms with Gasteiger partial charge in [0.1, 0.15) is 10.8 Å². The summed E-state index contributed by atoms with van der Waals surface area (Å²) in [7, 11) is 1.55. The number of hydrogen-bond donors (Lipinski definition) is 2. The van der Waals surface area contributed by atoms with Crippen molar-refractivity contribution >= 4 is 82.3 Å². The van der Waals surface area contributed by atoms with E-state index in [9.17, 15) is 4.79 Å². The Morgan fingerprint density at radius 2 is 1.90 bits per heavy atom. The van der Waals surface area contributed by atoms with Crippen molar-refractivity contribution in [3.8, 4) is 16.3 Å². The first-order valence-corrected chi connectivity index (χ1v) is 11.9. The van der Waals surface area contributed by atoms with Gasteiger partial charge in [-0.15, -0.1) is 11.3 Å². The van der Waals surface area contributed by atoms with Crippen molar-refractivity contribution in [1.29, 1.82) is 0 Å². The summed E-state index contributed by atoms with van der Waals surface area (Å²) in [5.74, 6) is 0.270. The molecule has 0 saturated carbocycles. The first kappa shape index (κ1) is 21.9. The predicted octanol–water partition coefficient (Wildman–Crippen LogP) is 6.62. The largest absolute Gasteiger partial charge is 0.497 e. The highest BCUT2D eigenvalue weighted by Crippen LogP contribution is 2.40. The number of ether oxygens (including phenoxy) is 1. The average Bonchev–Trinajstić information content (AvgIpc) is 3.19. The van der Waals surface area contributed by atoms with Gasteiger partial charge in [0.2, 0.25) is 0 Å². The van der Waals surface area contributed by atoms with Gasteiger partial charge in [-0.2, -0.15) is 0 Å². The zero-order valence-electron chi connectivity index (χ0n) is 16.1. The molecule has 0 atom stereocenters. The molecule has 0 unspecified atom stereocenters. The molecule has 2 N–H and O–H groups in total. The second-order valence-corrected chi connectivity index (χ2v) is 9.65. The molecule has 0 aliphatic heterocycles. The number of methoxy groups -OCH3 is 1.